The molecule has 0 spiro atoms. The Morgan fingerprint density at radius 3 is 2.44 bits per heavy atom. The molecule has 0 aliphatic rings. The Balaban J connectivity index is 2.18. The van der Waals surface area contributed by atoms with Gasteiger partial charge in [0.05, 0.1) is 11.6 Å². The van der Waals surface area contributed by atoms with Crippen molar-refractivity contribution in [1.82, 2.24) is 0 Å². The first-order valence-electron chi connectivity index (χ1n) is 5.80. The maximum atomic E-state index is 13.1. The van der Waals surface area contributed by atoms with Crippen LogP contribution in [0.2, 0.25) is 5.02 Å². The minimum absolute atomic E-state index is 0.00716. The van der Waals surface area contributed by atoms with Gasteiger partial charge >= 0.3 is 0 Å². The first kappa shape index (κ1) is 13.1. The van der Waals surface area contributed by atoms with Crippen LogP contribution in [0.3, 0.4) is 0 Å². The van der Waals surface area contributed by atoms with Gasteiger partial charge in [-0.25, -0.2) is 4.39 Å². The molecule has 0 aliphatic heterocycles. The lowest BCUT2D eigenvalue weighted by atomic mass is 9.93. The molecule has 18 heavy (non-hydrogen) atoms. The molecule has 1 atom stereocenters. The molecule has 0 amide bonds. The van der Waals surface area contributed by atoms with Crippen molar-refractivity contribution in [3.63, 3.8) is 0 Å². The van der Waals surface area contributed by atoms with Crippen LogP contribution in [0, 0.1) is 5.82 Å². The van der Waals surface area contributed by atoms with Crippen LogP contribution in [0.15, 0.2) is 48.5 Å². The van der Waals surface area contributed by atoms with Crippen LogP contribution in [0.25, 0.3) is 0 Å². The zero-order valence-corrected chi connectivity index (χ0v) is 10.6. The van der Waals surface area contributed by atoms with Gasteiger partial charge in [-0.05, 0) is 29.7 Å². The molecule has 0 saturated heterocycles. The van der Waals surface area contributed by atoms with Crippen LogP contribution in [0.5, 0.6) is 0 Å². The van der Waals surface area contributed by atoms with Crippen LogP contribution in [-0.4, -0.2) is 11.7 Å². The SMILES string of the molecule is OCC(Cc1ccc(F)c(Cl)c1)c1ccccc1. The van der Waals surface area contributed by atoms with Gasteiger partial charge in [-0.3, -0.25) is 0 Å². The quantitative estimate of drug-likeness (QED) is 0.891. The van der Waals surface area contributed by atoms with E-state index in [1.807, 2.05) is 30.3 Å². The summed E-state index contributed by atoms with van der Waals surface area (Å²) in [6.45, 7) is 0.0546. The average Bonchev–Trinajstić information content (AvgIpc) is 2.41. The molecule has 94 valence electrons. The van der Waals surface area contributed by atoms with Crippen LogP contribution in [0.4, 0.5) is 4.39 Å². The summed E-state index contributed by atoms with van der Waals surface area (Å²) in [5.74, 6) is -0.409. The molecule has 1 nitrogen and oxygen atoms in total. The van der Waals surface area contributed by atoms with E-state index in [1.165, 1.54) is 6.07 Å². The summed E-state index contributed by atoms with van der Waals surface area (Å²) in [5, 5.41) is 9.58. The maximum absolute atomic E-state index is 13.1. The second-order valence-corrected chi connectivity index (χ2v) is 4.65. The van der Waals surface area contributed by atoms with Gasteiger partial charge in [0.15, 0.2) is 0 Å². The van der Waals surface area contributed by atoms with E-state index in [0.717, 1.165) is 11.1 Å². The summed E-state index contributed by atoms with van der Waals surface area (Å²) < 4.78 is 13.1. The highest BCUT2D eigenvalue weighted by atomic mass is 35.5. The van der Waals surface area contributed by atoms with Gasteiger partial charge in [0.1, 0.15) is 5.82 Å². The van der Waals surface area contributed by atoms with Crippen LogP contribution in [0.1, 0.15) is 17.0 Å². The Bertz CT molecular complexity index is 513. The van der Waals surface area contributed by atoms with Gasteiger partial charge in [0, 0.05) is 5.92 Å². The Morgan fingerprint density at radius 2 is 1.83 bits per heavy atom. The van der Waals surface area contributed by atoms with E-state index in [-0.39, 0.29) is 17.5 Å². The topological polar surface area (TPSA) is 20.2 Å². The summed E-state index contributed by atoms with van der Waals surface area (Å²) in [4.78, 5) is 0. The molecule has 3 heteroatoms. The molecule has 2 aromatic carbocycles. The molecule has 0 aliphatic carbocycles. The monoisotopic (exact) mass is 264 g/mol. The molecule has 2 rings (SSSR count). The van der Waals surface area contributed by atoms with E-state index in [4.69, 9.17) is 11.6 Å². The zero-order valence-electron chi connectivity index (χ0n) is 9.81. The summed E-state index contributed by atoms with van der Waals surface area (Å²) in [6, 6.07) is 14.4. The van der Waals surface area contributed by atoms with Crippen molar-refractivity contribution in [2.75, 3.05) is 6.61 Å². The van der Waals surface area contributed by atoms with Crippen molar-refractivity contribution in [1.29, 1.82) is 0 Å². The lowest BCUT2D eigenvalue weighted by Crippen LogP contribution is -2.07. The molecular weight excluding hydrogens is 251 g/mol. The van der Waals surface area contributed by atoms with Crippen molar-refractivity contribution in [2.24, 2.45) is 0 Å². The van der Waals surface area contributed by atoms with Crippen LogP contribution >= 0.6 is 11.6 Å². The number of hydrogen-bond donors (Lipinski definition) is 1. The second kappa shape index (κ2) is 5.98. The number of halogens is 2. The van der Waals surface area contributed by atoms with E-state index in [2.05, 4.69) is 0 Å². The van der Waals surface area contributed by atoms with Gasteiger partial charge in [-0.1, -0.05) is 48.0 Å². The van der Waals surface area contributed by atoms with E-state index in [1.54, 1.807) is 12.1 Å². The number of benzene rings is 2. The van der Waals surface area contributed by atoms with E-state index < -0.39 is 5.82 Å². The molecule has 0 saturated carbocycles. The number of aliphatic hydroxyl groups is 1. The van der Waals surface area contributed by atoms with Crippen LogP contribution < -0.4 is 0 Å². The van der Waals surface area contributed by atoms with E-state index in [0.29, 0.717) is 6.42 Å². The molecular formula is C15H14ClFO. The third kappa shape index (κ3) is 3.09. The lowest BCUT2D eigenvalue weighted by Gasteiger charge is -2.14. The molecule has 2 aromatic rings. The molecule has 0 radical (unpaired) electrons. The van der Waals surface area contributed by atoms with Crippen molar-refractivity contribution in [2.45, 2.75) is 12.3 Å². The number of hydrogen-bond acceptors (Lipinski definition) is 1. The third-order valence-electron chi connectivity index (χ3n) is 2.96. The van der Waals surface area contributed by atoms with Gasteiger partial charge in [-0.2, -0.15) is 0 Å². The van der Waals surface area contributed by atoms with Crippen molar-refractivity contribution >= 4 is 11.6 Å². The minimum atomic E-state index is -0.416. The molecule has 1 unspecified atom stereocenters. The zero-order chi connectivity index (χ0) is 13.0. The molecule has 0 heterocycles. The fourth-order valence-electron chi connectivity index (χ4n) is 1.96. The maximum Gasteiger partial charge on any atom is 0.141 e. The number of rotatable bonds is 4. The second-order valence-electron chi connectivity index (χ2n) is 4.24. The standard InChI is InChI=1S/C15H14ClFO/c16-14-9-11(6-7-15(14)17)8-13(10-18)12-4-2-1-3-5-12/h1-7,9,13,18H,8,10H2. The van der Waals surface area contributed by atoms with Crippen molar-refractivity contribution in [3.05, 3.63) is 70.5 Å². The third-order valence-corrected chi connectivity index (χ3v) is 3.25. The molecule has 1 N–H and O–H groups in total. The van der Waals surface area contributed by atoms with Crippen LogP contribution in [-0.2, 0) is 6.42 Å². The summed E-state index contributed by atoms with van der Waals surface area (Å²) in [6.07, 6.45) is 0.639. The van der Waals surface area contributed by atoms with Gasteiger partial charge in [0.25, 0.3) is 0 Å². The Labute approximate surface area is 111 Å². The fraction of sp³-hybridized carbons (Fsp3) is 0.200. The molecule has 0 aromatic heterocycles. The normalized spacial score (nSPS) is 12.4. The van der Waals surface area contributed by atoms with E-state index >= 15 is 0 Å². The fourth-order valence-corrected chi connectivity index (χ4v) is 2.17. The first-order chi connectivity index (χ1) is 8.70. The van der Waals surface area contributed by atoms with E-state index in [9.17, 15) is 9.50 Å². The summed E-state index contributed by atoms with van der Waals surface area (Å²) in [5.41, 5.74) is 1.99. The van der Waals surface area contributed by atoms with Crippen molar-refractivity contribution < 1.29 is 9.50 Å². The van der Waals surface area contributed by atoms with Gasteiger partial charge in [0.2, 0.25) is 0 Å². The Morgan fingerprint density at radius 1 is 1.11 bits per heavy atom. The molecule has 0 fully saturated rings. The predicted molar refractivity (Wildman–Crippen MR) is 71.4 cm³/mol. The van der Waals surface area contributed by atoms with Gasteiger partial charge in [-0.15, -0.1) is 0 Å². The summed E-state index contributed by atoms with van der Waals surface area (Å²) >= 11 is 5.75. The highest BCUT2D eigenvalue weighted by Gasteiger charge is 2.12. The van der Waals surface area contributed by atoms with Gasteiger partial charge < -0.3 is 5.11 Å². The predicted octanol–water partition coefficient (Wildman–Crippen LogP) is 3.80. The summed E-state index contributed by atoms with van der Waals surface area (Å²) in [7, 11) is 0. The highest BCUT2D eigenvalue weighted by molar-refractivity contribution is 6.30. The molecule has 0 bridgehead atoms. The number of aliphatic hydroxyl groups excluding tert-OH is 1. The first-order valence-corrected chi connectivity index (χ1v) is 6.18. The largest absolute Gasteiger partial charge is 0.396 e. The Hall–Kier alpha value is -1.38. The Kier molecular flexibility index (Phi) is 4.34. The lowest BCUT2D eigenvalue weighted by molar-refractivity contribution is 0.264. The average molecular weight is 265 g/mol. The van der Waals surface area contributed by atoms with Crippen molar-refractivity contribution in [3.8, 4) is 0 Å². The highest BCUT2D eigenvalue weighted by Crippen LogP contribution is 2.23. The smallest absolute Gasteiger partial charge is 0.141 e. The minimum Gasteiger partial charge on any atom is -0.396 e.